The summed E-state index contributed by atoms with van der Waals surface area (Å²) in [6.07, 6.45) is 1.15. The third-order valence-electron chi connectivity index (χ3n) is 1.56. The van der Waals surface area contributed by atoms with Gasteiger partial charge in [0.05, 0.1) is 0 Å². The smallest absolute Gasteiger partial charge is 0.0299 e. The van der Waals surface area contributed by atoms with Crippen LogP contribution in [-0.4, -0.2) is 7.05 Å². The summed E-state index contributed by atoms with van der Waals surface area (Å²) >= 11 is 1.84. The molecule has 0 spiro atoms. The van der Waals surface area contributed by atoms with Crippen LogP contribution in [0.4, 0.5) is 0 Å². The molecule has 0 aliphatic heterocycles. The Morgan fingerprint density at radius 1 is 1.60 bits per heavy atom. The lowest BCUT2D eigenvalue weighted by atomic mass is 10.2. The van der Waals surface area contributed by atoms with E-state index in [9.17, 15) is 0 Å². The average molecular weight is 155 g/mol. The second-order valence-corrected chi connectivity index (χ2v) is 3.25. The molecule has 0 aromatic carbocycles. The van der Waals surface area contributed by atoms with Crippen molar-refractivity contribution in [2.75, 3.05) is 7.05 Å². The summed E-state index contributed by atoms with van der Waals surface area (Å²) in [6.45, 7) is 3.21. The third kappa shape index (κ3) is 1.58. The Kier molecular flexibility index (Phi) is 2.90. The normalized spacial score (nSPS) is 10.2. The van der Waals surface area contributed by atoms with Crippen LogP contribution in [0.15, 0.2) is 11.4 Å². The highest BCUT2D eigenvalue weighted by Gasteiger charge is 1.98. The van der Waals surface area contributed by atoms with Gasteiger partial charge < -0.3 is 5.32 Å². The van der Waals surface area contributed by atoms with Crippen LogP contribution in [0.25, 0.3) is 0 Å². The lowest BCUT2D eigenvalue weighted by Crippen LogP contribution is -2.04. The van der Waals surface area contributed by atoms with E-state index in [0.29, 0.717) is 0 Å². The van der Waals surface area contributed by atoms with Gasteiger partial charge in [0.2, 0.25) is 0 Å². The van der Waals surface area contributed by atoms with E-state index in [0.717, 1.165) is 13.0 Å². The third-order valence-corrected chi connectivity index (χ3v) is 2.52. The fraction of sp³-hybridized carbons (Fsp3) is 0.500. The Hall–Kier alpha value is -0.340. The second-order valence-electron chi connectivity index (χ2n) is 2.25. The van der Waals surface area contributed by atoms with Crippen molar-refractivity contribution in [2.24, 2.45) is 0 Å². The summed E-state index contributed by atoms with van der Waals surface area (Å²) in [5.74, 6) is 0. The predicted octanol–water partition coefficient (Wildman–Crippen LogP) is 2.03. The Labute approximate surface area is 66.1 Å². The molecule has 0 aliphatic rings. The first-order chi connectivity index (χ1) is 4.88. The predicted molar refractivity (Wildman–Crippen MR) is 46.5 cm³/mol. The minimum absolute atomic E-state index is 1.01. The molecule has 0 atom stereocenters. The lowest BCUT2D eigenvalue weighted by Gasteiger charge is -1.97. The van der Waals surface area contributed by atoms with Crippen LogP contribution in [0, 0.1) is 0 Å². The van der Waals surface area contributed by atoms with Crippen molar-refractivity contribution in [1.82, 2.24) is 5.32 Å². The fourth-order valence-corrected chi connectivity index (χ4v) is 1.99. The molecular formula is C8H13NS. The van der Waals surface area contributed by atoms with E-state index in [1.54, 1.807) is 0 Å². The SMILES string of the molecule is CCc1ccsc1CNC. The summed E-state index contributed by atoms with van der Waals surface area (Å²) in [5, 5.41) is 5.31. The maximum atomic E-state index is 3.16. The highest BCUT2D eigenvalue weighted by Crippen LogP contribution is 2.16. The van der Waals surface area contributed by atoms with Gasteiger partial charge in [-0.3, -0.25) is 0 Å². The number of rotatable bonds is 3. The standard InChI is InChI=1S/C8H13NS/c1-3-7-4-5-10-8(7)6-9-2/h4-5,9H,3,6H2,1-2H3. The highest BCUT2D eigenvalue weighted by atomic mass is 32.1. The molecular weight excluding hydrogens is 142 g/mol. The molecule has 56 valence electrons. The van der Waals surface area contributed by atoms with Crippen LogP contribution >= 0.6 is 11.3 Å². The van der Waals surface area contributed by atoms with Gasteiger partial charge in [-0.1, -0.05) is 6.92 Å². The number of hydrogen-bond donors (Lipinski definition) is 1. The maximum absolute atomic E-state index is 3.16. The molecule has 1 aromatic rings. The molecule has 2 heteroatoms. The van der Waals surface area contributed by atoms with Crippen LogP contribution in [0.1, 0.15) is 17.4 Å². The molecule has 0 unspecified atom stereocenters. The molecule has 0 bridgehead atoms. The minimum Gasteiger partial charge on any atom is -0.315 e. The quantitative estimate of drug-likeness (QED) is 0.704. The van der Waals surface area contributed by atoms with Gasteiger partial charge in [0.15, 0.2) is 0 Å². The van der Waals surface area contributed by atoms with Crippen molar-refractivity contribution in [3.63, 3.8) is 0 Å². The van der Waals surface area contributed by atoms with E-state index in [1.165, 1.54) is 10.4 Å². The van der Waals surface area contributed by atoms with Crippen molar-refractivity contribution in [1.29, 1.82) is 0 Å². The van der Waals surface area contributed by atoms with Gasteiger partial charge in [0, 0.05) is 11.4 Å². The summed E-state index contributed by atoms with van der Waals surface area (Å²) in [5.41, 5.74) is 1.49. The van der Waals surface area contributed by atoms with Gasteiger partial charge >= 0.3 is 0 Å². The number of hydrogen-bond acceptors (Lipinski definition) is 2. The lowest BCUT2D eigenvalue weighted by molar-refractivity contribution is 0.821. The Bertz CT molecular complexity index is 193. The van der Waals surface area contributed by atoms with Crippen molar-refractivity contribution < 1.29 is 0 Å². The molecule has 0 aliphatic carbocycles. The van der Waals surface area contributed by atoms with E-state index in [4.69, 9.17) is 0 Å². The maximum Gasteiger partial charge on any atom is 0.0299 e. The van der Waals surface area contributed by atoms with E-state index in [2.05, 4.69) is 23.7 Å². The molecule has 1 heterocycles. The zero-order chi connectivity index (χ0) is 7.40. The number of nitrogens with one attached hydrogen (secondary N) is 1. The van der Waals surface area contributed by atoms with Crippen LogP contribution < -0.4 is 5.32 Å². The van der Waals surface area contributed by atoms with Crippen LogP contribution in [0.2, 0.25) is 0 Å². The molecule has 1 rings (SSSR count). The zero-order valence-corrected chi connectivity index (χ0v) is 7.29. The molecule has 10 heavy (non-hydrogen) atoms. The van der Waals surface area contributed by atoms with E-state index < -0.39 is 0 Å². The second kappa shape index (κ2) is 3.74. The monoisotopic (exact) mass is 155 g/mol. The van der Waals surface area contributed by atoms with Gasteiger partial charge in [-0.2, -0.15) is 0 Å². The molecule has 0 fully saturated rings. The largest absolute Gasteiger partial charge is 0.315 e. The number of thiophene rings is 1. The molecule has 1 N–H and O–H groups in total. The fourth-order valence-electron chi connectivity index (χ4n) is 0.998. The van der Waals surface area contributed by atoms with Gasteiger partial charge in [-0.15, -0.1) is 11.3 Å². The van der Waals surface area contributed by atoms with Crippen molar-refractivity contribution in [3.8, 4) is 0 Å². The summed E-state index contributed by atoms with van der Waals surface area (Å²) in [7, 11) is 1.99. The average Bonchev–Trinajstić information content (AvgIpc) is 2.36. The molecule has 0 radical (unpaired) electrons. The van der Waals surface area contributed by atoms with Crippen molar-refractivity contribution in [3.05, 3.63) is 21.9 Å². The topological polar surface area (TPSA) is 12.0 Å². The van der Waals surface area contributed by atoms with E-state index in [-0.39, 0.29) is 0 Å². The van der Waals surface area contributed by atoms with E-state index in [1.807, 2.05) is 18.4 Å². The Morgan fingerprint density at radius 2 is 2.40 bits per heavy atom. The highest BCUT2D eigenvalue weighted by molar-refractivity contribution is 7.10. The van der Waals surface area contributed by atoms with Crippen molar-refractivity contribution >= 4 is 11.3 Å². The molecule has 0 saturated heterocycles. The van der Waals surface area contributed by atoms with Gasteiger partial charge in [0.1, 0.15) is 0 Å². The molecule has 1 nitrogen and oxygen atoms in total. The number of aryl methyl sites for hydroxylation is 1. The van der Waals surface area contributed by atoms with Gasteiger partial charge in [0.25, 0.3) is 0 Å². The molecule has 0 saturated carbocycles. The van der Waals surface area contributed by atoms with Crippen LogP contribution in [-0.2, 0) is 13.0 Å². The minimum atomic E-state index is 1.01. The van der Waals surface area contributed by atoms with Crippen LogP contribution in [0.3, 0.4) is 0 Å². The Balaban J connectivity index is 2.70. The van der Waals surface area contributed by atoms with Gasteiger partial charge in [-0.05, 0) is 30.5 Å². The zero-order valence-electron chi connectivity index (χ0n) is 6.48. The molecule has 1 aromatic heterocycles. The first kappa shape index (κ1) is 7.76. The van der Waals surface area contributed by atoms with E-state index >= 15 is 0 Å². The summed E-state index contributed by atoms with van der Waals surface area (Å²) in [6, 6.07) is 2.21. The molecule has 0 amide bonds. The first-order valence-corrected chi connectivity index (χ1v) is 4.46. The van der Waals surface area contributed by atoms with Gasteiger partial charge in [-0.25, -0.2) is 0 Å². The Morgan fingerprint density at radius 3 is 3.00 bits per heavy atom. The van der Waals surface area contributed by atoms with Crippen molar-refractivity contribution in [2.45, 2.75) is 19.9 Å². The van der Waals surface area contributed by atoms with Crippen LogP contribution in [0.5, 0.6) is 0 Å². The summed E-state index contributed by atoms with van der Waals surface area (Å²) < 4.78 is 0. The first-order valence-electron chi connectivity index (χ1n) is 3.58. The summed E-state index contributed by atoms with van der Waals surface area (Å²) in [4.78, 5) is 1.48.